The van der Waals surface area contributed by atoms with Gasteiger partial charge in [0.15, 0.2) is 0 Å². The summed E-state index contributed by atoms with van der Waals surface area (Å²) in [5, 5.41) is 2.13. The van der Waals surface area contributed by atoms with Crippen LogP contribution in [0.1, 0.15) is 52.2 Å². The van der Waals surface area contributed by atoms with Gasteiger partial charge in [0.25, 0.3) is 0 Å². The van der Waals surface area contributed by atoms with Gasteiger partial charge in [-0.2, -0.15) is 5.06 Å². The minimum Gasteiger partial charge on any atom is -0.381 e. The van der Waals surface area contributed by atoms with Gasteiger partial charge in [-0.25, -0.2) is 0 Å². The maximum absolute atomic E-state index is 6.25. The highest BCUT2D eigenvalue weighted by atomic mass is 16.9. The Bertz CT molecular complexity index is 496. The van der Waals surface area contributed by atoms with Crippen molar-refractivity contribution >= 4 is 0 Å². The van der Waals surface area contributed by atoms with Crippen LogP contribution in [-0.4, -0.2) is 35.6 Å². The Morgan fingerprint density at radius 1 is 1.05 bits per heavy atom. The molecule has 1 aromatic carbocycles. The Hall–Kier alpha value is -0.940. The molecule has 0 radical (unpaired) electrons. The Kier molecular flexibility index (Phi) is 4.06. The number of methoxy groups -OCH3 is 1. The van der Waals surface area contributed by atoms with E-state index in [0.29, 0.717) is 0 Å². The molecule has 2 atom stereocenters. The maximum atomic E-state index is 6.25. The Labute approximate surface area is 133 Å². The molecule has 0 saturated carbocycles. The van der Waals surface area contributed by atoms with Crippen LogP contribution in [0, 0.1) is 0 Å². The quantitative estimate of drug-likeness (QED) is 0.795. The van der Waals surface area contributed by atoms with Crippen molar-refractivity contribution in [1.82, 2.24) is 5.06 Å². The molecule has 0 amide bonds. The van der Waals surface area contributed by atoms with Gasteiger partial charge >= 0.3 is 0 Å². The van der Waals surface area contributed by atoms with Gasteiger partial charge in [0, 0.05) is 18.2 Å². The van der Waals surface area contributed by atoms with Gasteiger partial charge in [-0.15, -0.1) is 0 Å². The summed E-state index contributed by atoms with van der Waals surface area (Å²) in [6.45, 7) is 8.83. The lowest BCUT2D eigenvalue weighted by atomic mass is 9.80. The van der Waals surface area contributed by atoms with E-state index in [-0.39, 0.29) is 29.6 Å². The van der Waals surface area contributed by atoms with Gasteiger partial charge in [0.05, 0.1) is 6.10 Å². The summed E-state index contributed by atoms with van der Waals surface area (Å²) in [6.07, 6.45) is 2.05. The van der Waals surface area contributed by atoms with Gasteiger partial charge in [0.1, 0.15) is 6.10 Å². The van der Waals surface area contributed by atoms with Crippen molar-refractivity contribution < 1.29 is 14.3 Å². The number of hydrogen-bond donors (Lipinski definition) is 0. The van der Waals surface area contributed by atoms with Crippen LogP contribution in [0.3, 0.4) is 0 Å². The van der Waals surface area contributed by atoms with Crippen LogP contribution in [-0.2, 0) is 14.3 Å². The zero-order valence-electron chi connectivity index (χ0n) is 14.2. The molecule has 0 aromatic heterocycles. The molecule has 0 aliphatic carbocycles. The lowest BCUT2D eigenvalue weighted by Crippen LogP contribution is -2.62. The Morgan fingerprint density at radius 3 is 2.18 bits per heavy atom. The molecule has 2 unspecified atom stereocenters. The molecule has 1 aromatic rings. The Morgan fingerprint density at radius 2 is 1.64 bits per heavy atom. The second-order valence-electron chi connectivity index (χ2n) is 7.63. The number of epoxide rings is 1. The van der Waals surface area contributed by atoms with Gasteiger partial charge in [-0.3, -0.25) is 4.84 Å². The number of nitrogens with zero attached hydrogens (tertiary/aromatic N) is 1. The average Bonchev–Trinajstić information content (AvgIpc) is 3.22. The number of piperidine rings is 1. The Balaban J connectivity index is 1.69. The molecule has 2 aliphatic heterocycles. The minimum absolute atomic E-state index is 0.0490. The lowest BCUT2D eigenvalue weighted by molar-refractivity contribution is -0.312. The van der Waals surface area contributed by atoms with Crippen molar-refractivity contribution in [2.24, 2.45) is 0 Å². The van der Waals surface area contributed by atoms with Crippen LogP contribution >= 0.6 is 0 Å². The summed E-state index contributed by atoms with van der Waals surface area (Å²) in [5.74, 6) is 0. The van der Waals surface area contributed by atoms with Crippen molar-refractivity contribution in [1.29, 1.82) is 0 Å². The molecule has 4 heteroatoms. The first-order valence-corrected chi connectivity index (χ1v) is 8.04. The minimum atomic E-state index is -0.181. The standard InChI is InChI=1S/C18H27NO3/c1-17(2)11-14(20-5)12-18(3,4)19(17)22-16-15(21-16)13-9-7-6-8-10-13/h6-10,14-16H,11-12H2,1-5H3. The largest absolute Gasteiger partial charge is 0.381 e. The van der Waals surface area contributed by atoms with E-state index >= 15 is 0 Å². The van der Waals surface area contributed by atoms with Gasteiger partial charge in [-0.05, 0) is 46.1 Å². The molecule has 4 nitrogen and oxygen atoms in total. The third-order valence-corrected chi connectivity index (χ3v) is 4.68. The molecular weight excluding hydrogens is 278 g/mol. The maximum Gasteiger partial charge on any atom is 0.209 e. The zero-order chi connectivity index (χ0) is 16.0. The molecule has 0 spiro atoms. The van der Waals surface area contributed by atoms with E-state index in [2.05, 4.69) is 44.9 Å². The first-order chi connectivity index (χ1) is 10.3. The lowest BCUT2D eigenvalue weighted by Gasteiger charge is -2.53. The number of benzene rings is 1. The molecule has 0 bridgehead atoms. The van der Waals surface area contributed by atoms with Crippen LogP contribution in [0.15, 0.2) is 30.3 Å². The van der Waals surface area contributed by atoms with E-state index in [0.717, 1.165) is 12.8 Å². The van der Waals surface area contributed by atoms with Gasteiger partial charge < -0.3 is 9.47 Å². The van der Waals surface area contributed by atoms with Crippen molar-refractivity contribution in [3.05, 3.63) is 35.9 Å². The summed E-state index contributed by atoms with van der Waals surface area (Å²) in [4.78, 5) is 6.25. The van der Waals surface area contributed by atoms with E-state index in [4.69, 9.17) is 14.3 Å². The van der Waals surface area contributed by atoms with E-state index in [1.54, 1.807) is 7.11 Å². The van der Waals surface area contributed by atoms with Crippen molar-refractivity contribution in [3.8, 4) is 0 Å². The molecule has 22 heavy (non-hydrogen) atoms. The van der Waals surface area contributed by atoms with E-state index in [9.17, 15) is 0 Å². The summed E-state index contributed by atoms with van der Waals surface area (Å²) in [6, 6.07) is 10.3. The fourth-order valence-electron chi connectivity index (χ4n) is 3.79. The first kappa shape index (κ1) is 15.9. The van der Waals surface area contributed by atoms with Gasteiger partial charge in [0.2, 0.25) is 6.29 Å². The monoisotopic (exact) mass is 305 g/mol. The molecule has 122 valence electrons. The summed E-state index contributed by atoms with van der Waals surface area (Å²) >= 11 is 0. The molecule has 2 aliphatic rings. The summed E-state index contributed by atoms with van der Waals surface area (Å²) in [5.41, 5.74) is 1.00. The molecule has 3 rings (SSSR count). The number of rotatable bonds is 4. The van der Waals surface area contributed by atoms with Crippen LogP contribution in [0.2, 0.25) is 0 Å². The molecule has 2 heterocycles. The predicted molar refractivity (Wildman–Crippen MR) is 85.2 cm³/mol. The molecule has 0 N–H and O–H groups in total. The number of ether oxygens (including phenoxy) is 2. The SMILES string of the molecule is COC1CC(C)(C)N(OC2OC2c2ccccc2)C(C)(C)C1. The average molecular weight is 305 g/mol. The first-order valence-electron chi connectivity index (χ1n) is 8.04. The third-order valence-electron chi connectivity index (χ3n) is 4.68. The smallest absolute Gasteiger partial charge is 0.209 e. The van der Waals surface area contributed by atoms with Crippen LogP contribution < -0.4 is 0 Å². The van der Waals surface area contributed by atoms with E-state index in [1.165, 1.54) is 5.56 Å². The van der Waals surface area contributed by atoms with E-state index in [1.807, 2.05) is 18.2 Å². The molecular formula is C18H27NO3. The number of hydroxylamine groups is 2. The fourth-order valence-corrected chi connectivity index (χ4v) is 3.79. The fraction of sp³-hybridized carbons (Fsp3) is 0.667. The topological polar surface area (TPSA) is 34.2 Å². The summed E-state index contributed by atoms with van der Waals surface area (Å²) in [7, 11) is 1.79. The third kappa shape index (κ3) is 3.06. The molecule has 2 saturated heterocycles. The number of hydrogen-bond acceptors (Lipinski definition) is 4. The van der Waals surface area contributed by atoms with Crippen molar-refractivity contribution in [2.75, 3.05) is 7.11 Å². The predicted octanol–water partition coefficient (Wildman–Crippen LogP) is 3.68. The highest BCUT2D eigenvalue weighted by Gasteiger charge is 2.52. The second-order valence-corrected chi connectivity index (χ2v) is 7.63. The van der Waals surface area contributed by atoms with Crippen LogP contribution in [0.4, 0.5) is 0 Å². The highest BCUT2D eigenvalue weighted by molar-refractivity contribution is 5.21. The zero-order valence-corrected chi connectivity index (χ0v) is 14.2. The van der Waals surface area contributed by atoms with Crippen LogP contribution in [0.25, 0.3) is 0 Å². The van der Waals surface area contributed by atoms with Crippen molar-refractivity contribution in [3.63, 3.8) is 0 Å². The van der Waals surface area contributed by atoms with Gasteiger partial charge in [-0.1, -0.05) is 30.3 Å². The highest BCUT2D eigenvalue weighted by Crippen LogP contribution is 2.45. The van der Waals surface area contributed by atoms with Crippen molar-refractivity contribution in [2.45, 2.75) is 70.1 Å². The summed E-state index contributed by atoms with van der Waals surface area (Å²) < 4.78 is 11.4. The van der Waals surface area contributed by atoms with Crippen LogP contribution in [0.5, 0.6) is 0 Å². The normalized spacial score (nSPS) is 31.1. The van der Waals surface area contributed by atoms with E-state index < -0.39 is 0 Å². The molecule has 2 fully saturated rings. The second kappa shape index (κ2) is 5.60.